The average Bonchev–Trinajstić information content (AvgIpc) is 2.71. The normalized spacial score (nSPS) is 22.8. The standard InChI is InChI=1S/C26H29NO4/c1-16-22(25(29)31-13-12-30-4)23(19-11-7-9-17-8-5-6-10-18(17)19)24-20(27-16)14-26(2,3)15-21(24)28/h5-11,22-23H,12-15H2,1-4H3/t22?,23-/m0/s1. The van der Waals surface area contributed by atoms with Crippen molar-refractivity contribution in [1.29, 1.82) is 0 Å². The maximum absolute atomic E-state index is 13.4. The van der Waals surface area contributed by atoms with Crippen molar-refractivity contribution in [1.82, 2.24) is 0 Å². The van der Waals surface area contributed by atoms with Gasteiger partial charge in [-0.3, -0.25) is 14.6 Å². The smallest absolute Gasteiger partial charge is 0.315 e. The Balaban J connectivity index is 1.88. The minimum absolute atomic E-state index is 0.0788. The summed E-state index contributed by atoms with van der Waals surface area (Å²) in [7, 11) is 1.57. The van der Waals surface area contributed by atoms with Crippen molar-refractivity contribution >= 4 is 28.2 Å². The fourth-order valence-corrected chi connectivity index (χ4v) is 4.92. The molecule has 4 rings (SSSR count). The summed E-state index contributed by atoms with van der Waals surface area (Å²) in [6.45, 7) is 6.56. The zero-order valence-corrected chi connectivity index (χ0v) is 18.6. The summed E-state index contributed by atoms with van der Waals surface area (Å²) in [5.41, 5.74) is 3.02. The second kappa shape index (κ2) is 8.39. The molecule has 0 bridgehead atoms. The summed E-state index contributed by atoms with van der Waals surface area (Å²) in [6.07, 6.45) is 1.17. The Labute approximate surface area is 183 Å². The topological polar surface area (TPSA) is 65.0 Å². The van der Waals surface area contributed by atoms with Gasteiger partial charge in [0.05, 0.1) is 6.61 Å². The lowest BCUT2D eigenvalue weighted by molar-refractivity contribution is -0.147. The molecule has 0 saturated heterocycles. The molecular weight excluding hydrogens is 390 g/mol. The van der Waals surface area contributed by atoms with Gasteiger partial charge >= 0.3 is 5.97 Å². The highest BCUT2D eigenvalue weighted by Crippen LogP contribution is 2.49. The average molecular weight is 420 g/mol. The van der Waals surface area contributed by atoms with E-state index in [-0.39, 0.29) is 23.8 Å². The third kappa shape index (κ3) is 4.07. The van der Waals surface area contributed by atoms with Crippen LogP contribution < -0.4 is 0 Å². The first-order chi connectivity index (χ1) is 14.8. The van der Waals surface area contributed by atoms with E-state index in [0.717, 1.165) is 28.5 Å². The summed E-state index contributed by atoms with van der Waals surface area (Å²) in [5.74, 6) is -1.32. The van der Waals surface area contributed by atoms with Crippen LogP contribution in [0.15, 0.2) is 58.7 Å². The molecule has 5 nitrogen and oxygen atoms in total. The van der Waals surface area contributed by atoms with Crippen LogP contribution in [-0.2, 0) is 19.1 Å². The van der Waals surface area contributed by atoms with Crippen LogP contribution in [0.25, 0.3) is 10.8 Å². The monoisotopic (exact) mass is 419 g/mol. The molecule has 2 aliphatic rings. The molecule has 0 radical (unpaired) electrons. The van der Waals surface area contributed by atoms with Crippen LogP contribution in [0.3, 0.4) is 0 Å². The number of benzene rings is 2. The lowest BCUT2D eigenvalue weighted by atomic mass is 9.66. The molecule has 5 heteroatoms. The number of allylic oxidation sites excluding steroid dienone is 2. The van der Waals surface area contributed by atoms with E-state index in [0.29, 0.717) is 24.3 Å². The summed E-state index contributed by atoms with van der Waals surface area (Å²) < 4.78 is 10.6. The van der Waals surface area contributed by atoms with E-state index in [4.69, 9.17) is 14.5 Å². The molecule has 0 N–H and O–H groups in total. The predicted molar refractivity (Wildman–Crippen MR) is 121 cm³/mol. The second-order valence-corrected chi connectivity index (χ2v) is 9.24. The minimum atomic E-state index is -0.633. The summed E-state index contributed by atoms with van der Waals surface area (Å²) in [4.78, 5) is 31.4. The number of carbonyl (C=O) groups excluding carboxylic acids is 2. The van der Waals surface area contributed by atoms with E-state index in [1.54, 1.807) is 7.11 Å². The number of hydrogen-bond donors (Lipinski definition) is 0. The van der Waals surface area contributed by atoms with Gasteiger partial charge in [0.1, 0.15) is 12.5 Å². The number of aliphatic imine (C=N–C) groups is 1. The minimum Gasteiger partial charge on any atom is -0.463 e. The lowest BCUT2D eigenvalue weighted by Crippen LogP contribution is -2.39. The van der Waals surface area contributed by atoms with Gasteiger partial charge in [0, 0.05) is 36.4 Å². The van der Waals surface area contributed by atoms with E-state index in [1.165, 1.54) is 0 Å². The van der Waals surface area contributed by atoms with Gasteiger partial charge in [-0.1, -0.05) is 56.3 Å². The molecule has 2 aromatic rings. The number of ketones is 1. The van der Waals surface area contributed by atoms with Crippen LogP contribution in [0.1, 0.15) is 45.1 Å². The van der Waals surface area contributed by atoms with Gasteiger partial charge in [0.2, 0.25) is 0 Å². The van der Waals surface area contributed by atoms with E-state index >= 15 is 0 Å². The Bertz CT molecular complexity index is 1090. The zero-order valence-electron chi connectivity index (χ0n) is 18.6. The second-order valence-electron chi connectivity index (χ2n) is 9.24. The van der Waals surface area contributed by atoms with Gasteiger partial charge in [-0.05, 0) is 35.1 Å². The Morgan fingerprint density at radius 3 is 2.61 bits per heavy atom. The van der Waals surface area contributed by atoms with Crippen molar-refractivity contribution in [2.45, 2.75) is 39.5 Å². The van der Waals surface area contributed by atoms with Crippen LogP contribution in [0, 0.1) is 11.3 Å². The number of carbonyl (C=O) groups is 2. The van der Waals surface area contributed by atoms with E-state index in [2.05, 4.69) is 32.0 Å². The number of Topliss-reactive ketones (excluding diaryl/α,β-unsaturated/α-hetero) is 1. The molecule has 0 spiro atoms. The first-order valence-corrected chi connectivity index (χ1v) is 10.8. The predicted octanol–water partition coefficient (Wildman–Crippen LogP) is 4.85. The number of ether oxygens (including phenoxy) is 2. The van der Waals surface area contributed by atoms with Crippen LogP contribution >= 0.6 is 0 Å². The molecule has 1 aliphatic heterocycles. The van der Waals surface area contributed by atoms with Crippen molar-refractivity contribution in [3.63, 3.8) is 0 Å². The fraction of sp³-hybridized carbons (Fsp3) is 0.423. The molecule has 2 atom stereocenters. The Hall–Kier alpha value is -2.79. The molecule has 2 aromatic carbocycles. The van der Waals surface area contributed by atoms with Crippen molar-refractivity contribution in [3.05, 3.63) is 59.3 Å². The van der Waals surface area contributed by atoms with Gasteiger partial charge in [0.15, 0.2) is 5.78 Å². The summed E-state index contributed by atoms with van der Waals surface area (Å²) in [6, 6.07) is 14.2. The number of hydrogen-bond acceptors (Lipinski definition) is 5. The number of rotatable bonds is 5. The Morgan fingerprint density at radius 1 is 1.10 bits per heavy atom. The molecule has 162 valence electrons. The van der Waals surface area contributed by atoms with E-state index in [1.807, 2.05) is 31.2 Å². The van der Waals surface area contributed by atoms with E-state index in [9.17, 15) is 9.59 Å². The van der Waals surface area contributed by atoms with Crippen LogP contribution in [0.2, 0.25) is 0 Å². The highest BCUT2D eigenvalue weighted by atomic mass is 16.6. The van der Waals surface area contributed by atoms with Gasteiger partial charge in [-0.25, -0.2) is 0 Å². The third-order valence-electron chi connectivity index (χ3n) is 6.25. The fourth-order valence-electron chi connectivity index (χ4n) is 4.92. The van der Waals surface area contributed by atoms with Crippen LogP contribution in [0.5, 0.6) is 0 Å². The highest BCUT2D eigenvalue weighted by molar-refractivity contribution is 6.10. The zero-order chi connectivity index (χ0) is 22.2. The maximum atomic E-state index is 13.4. The largest absolute Gasteiger partial charge is 0.463 e. The lowest BCUT2D eigenvalue weighted by Gasteiger charge is -2.39. The molecule has 1 unspecified atom stereocenters. The molecule has 1 heterocycles. The van der Waals surface area contributed by atoms with Gasteiger partial charge in [-0.15, -0.1) is 0 Å². The van der Waals surface area contributed by atoms with Crippen molar-refractivity contribution in [3.8, 4) is 0 Å². The Morgan fingerprint density at radius 2 is 1.84 bits per heavy atom. The SMILES string of the molecule is COCCOC(=O)C1C(C)=NC2=C(C(=O)CC(C)(C)C2)[C@H]1c1cccc2ccccc12. The van der Waals surface area contributed by atoms with Crippen molar-refractivity contribution in [2.24, 2.45) is 16.3 Å². The van der Waals surface area contributed by atoms with Crippen molar-refractivity contribution < 1.29 is 19.1 Å². The molecule has 0 aromatic heterocycles. The molecule has 31 heavy (non-hydrogen) atoms. The molecular formula is C26H29NO4. The van der Waals surface area contributed by atoms with Gasteiger partial charge in [0.25, 0.3) is 0 Å². The molecule has 0 amide bonds. The first-order valence-electron chi connectivity index (χ1n) is 10.8. The molecule has 0 fully saturated rings. The third-order valence-corrected chi connectivity index (χ3v) is 6.25. The summed E-state index contributed by atoms with van der Waals surface area (Å²) >= 11 is 0. The first kappa shape index (κ1) is 21.4. The van der Waals surface area contributed by atoms with Crippen molar-refractivity contribution in [2.75, 3.05) is 20.3 Å². The maximum Gasteiger partial charge on any atom is 0.315 e. The van der Waals surface area contributed by atoms with Gasteiger partial charge in [-0.2, -0.15) is 0 Å². The number of methoxy groups -OCH3 is 1. The van der Waals surface area contributed by atoms with Gasteiger partial charge < -0.3 is 9.47 Å². The molecule has 1 aliphatic carbocycles. The highest BCUT2D eigenvalue weighted by Gasteiger charge is 2.46. The Kier molecular flexibility index (Phi) is 5.80. The van der Waals surface area contributed by atoms with Crippen LogP contribution in [-0.4, -0.2) is 37.8 Å². The number of nitrogens with zero attached hydrogens (tertiary/aromatic N) is 1. The van der Waals surface area contributed by atoms with E-state index < -0.39 is 11.8 Å². The number of esters is 1. The van der Waals surface area contributed by atoms with Crippen LogP contribution in [0.4, 0.5) is 0 Å². The molecule has 0 saturated carbocycles. The summed E-state index contributed by atoms with van der Waals surface area (Å²) in [5, 5.41) is 2.13. The number of fused-ring (bicyclic) bond motifs is 1. The quantitative estimate of drug-likeness (QED) is 0.513.